The number of nitrogens with one attached hydrogen (secondary N) is 2. The largest absolute Gasteiger partial charge is 0.490 e. The van der Waals surface area contributed by atoms with Gasteiger partial charge in [0.25, 0.3) is 11.8 Å². The first-order chi connectivity index (χ1) is 16.4. The Morgan fingerprint density at radius 1 is 1.06 bits per heavy atom. The molecule has 176 valence electrons. The molecular formula is C25H23BrIN3O4. The van der Waals surface area contributed by atoms with Gasteiger partial charge < -0.3 is 14.8 Å². The lowest BCUT2D eigenvalue weighted by Gasteiger charge is -2.14. The van der Waals surface area contributed by atoms with Crippen molar-refractivity contribution in [1.29, 1.82) is 0 Å². The summed E-state index contributed by atoms with van der Waals surface area (Å²) in [4.78, 5) is 24.5. The van der Waals surface area contributed by atoms with Gasteiger partial charge >= 0.3 is 0 Å². The summed E-state index contributed by atoms with van der Waals surface area (Å²) in [7, 11) is 0. The Morgan fingerprint density at radius 2 is 1.76 bits per heavy atom. The Bertz CT molecular complexity index is 1180. The number of hydrogen-bond donors (Lipinski definition) is 2. The molecule has 0 aliphatic heterocycles. The minimum absolute atomic E-state index is 0.166. The average molecular weight is 636 g/mol. The van der Waals surface area contributed by atoms with Crippen LogP contribution in [0.1, 0.15) is 28.4 Å². The molecule has 0 heterocycles. The van der Waals surface area contributed by atoms with Crippen LogP contribution in [-0.2, 0) is 4.79 Å². The van der Waals surface area contributed by atoms with Gasteiger partial charge in [0, 0.05) is 15.7 Å². The quantitative estimate of drug-likeness (QED) is 0.184. The predicted octanol–water partition coefficient (Wildman–Crippen LogP) is 5.54. The van der Waals surface area contributed by atoms with E-state index >= 15 is 0 Å². The van der Waals surface area contributed by atoms with E-state index in [9.17, 15) is 9.59 Å². The Morgan fingerprint density at radius 3 is 2.44 bits per heavy atom. The highest BCUT2D eigenvalue weighted by Gasteiger charge is 2.14. The second kappa shape index (κ2) is 12.5. The fourth-order valence-corrected chi connectivity index (χ4v) is 3.91. The number of anilines is 1. The van der Waals surface area contributed by atoms with Crippen molar-refractivity contribution in [1.82, 2.24) is 5.43 Å². The normalized spacial score (nSPS) is 10.7. The Balaban J connectivity index is 1.65. The molecule has 0 spiro atoms. The number of benzene rings is 3. The first-order valence-electron chi connectivity index (χ1n) is 10.4. The molecule has 7 nitrogen and oxygen atoms in total. The number of carbonyl (C=O) groups is 2. The maximum atomic E-state index is 12.3. The number of hydrogen-bond acceptors (Lipinski definition) is 5. The van der Waals surface area contributed by atoms with Gasteiger partial charge in [0.05, 0.1) is 16.4 Å². The molecule has 3 aromatic carbocycles. The fourth-order valence-electron chi connectivity index (χ4n) is 2.87. The zero-order valence-corrected chi connectivity index (χ0v) is 22.3. The van der Waals surface area contributed by atoms with Gasteiger partial charge in [-0.15, -0.1) is 0 Å². The van der Waals surface area contributed by atoms with E-state index in [0.717, 1.165) is 13.6 Å². The highest BCUT2D eigenvalue weighted by molar-refractivity contribution is 14.1. The number of hydrazone groups is 1. The van der Waals surface area contributed by atoms with E-state index in [1.54, 1.807) is 30.3 Å². The summed E-state index contributed by atoms with van der Waals surface area (Å²) in [6, 6.07) is 18.1. The van der Waals surface area contributed by atoms with Crippen molar-refractivity contribution in [2.45, 2.75) is 13.8 Å². The average Bonchev–Trinajstić information content (AvgIpc) is 2.80. The molecule has 3 rings (SSSR count). The number of aryl methyl sites for hydroxylation is 1. The third-order valence-corrected chi connectivity index (χ3v) is 5.83. The number of ether oxygens (including phenoxy) is 2. The molecule has 2 amide bonds. The van der Waals surface area contributed by atoms with Crippen LogP contribution in [0.5, 0.6) is 11.5 Å². The summed E-state index contributed by atoms with van der Waals surface area (Å²) in [6.45, 7) is 4.10. The lowest BCUT2D eigenvalue weighted by molar-refractivity contribution is -0.118. The van der Waals surface area contributed by atoms with Gasteiger partial charge in [0.2, 0.25) is 0 Å². The van der Waals surface area contributed by atoms with E-state index in [-0.39, 0.29) is 18.4 Å². The van der Waals surface area contributed by atoms with Crippen molar-refractivity contribution < 1.29 is 19.1 Å². The minimum atomic E-state index is -0.317. The first-order valence-corrected chi connectivity index (χ1v) is 12.3. The molecule has 0 atom stereocenters. The van der Waals surface area contributed by atoms with Crippen molar-refractivity contribution in [3.8, 4) is 11.5 Å². The number of amides is 2. The summed E-state index contributed by atoms with van der Waals surface area (Å²) in [5.74, 6) is 0.363. The molecule has 9 heteroatoms. The molecule has 3 aromatic rings. The lowest BCUT2D eigenvalue weighted by atomic mass is 10.2. The number of rotatable bonds is 9. The summed E-state index contributed by atoms with van der Waals surface area (Å²) in [6.07, 6.45) is 1.52. The molecule has 0 aliphatic carbocycles. The van der Waals surface area contributed by atoms with Crippen molar-refractivity contribution in [3.05, 3.63) is 85.4 Å². The van der Waals surface area contributed by atoms with Crippen LogP contribution in [0, 0.1) is 10.5 Å². The van der Waals surface area contributed by atoms with Gasteiger partial charge in [-0.3, -0.25) is 9.59 Å². The molecule has 0 aliphatic rings. The van der Waals surface area contributed by atoms with Gasteiger partial charge in [0.15, 0.2) is 18.1 Å². The lowest BCUT2D eigenvalue weighted by Crippen LogP contribution is -2.20. The van der Waals surface area contributed by atoms with Crippen molar-refractivity contribution in [3.63, 3.8) is 0 Å². The molecule has 0 saturated heterocycles. The maximum absolute atomic E-state index is 12.3. The van der Waals surface area contributed by atoms with E-state index in [1.807, 2.05) is 44.2 Å². The fraction of sp³-hybridized carbons (Fsp3) is 0.160. The Hall–Kier alpha value is -2.92. The van der Waals surface area contributed by atoms with E-state index < -0.39 is 0 Å². The molecule has 0 bridgehead atoms. The maximum Gasteiger partial charge on any atom is 0.271 e. The van der Waals surface area contributed by atoms with Gasteiger partial charge in [-0.1, -0.05) is 33.6 Å². The van der Waals surface area contributed by atoms with Crippen LogP contribution in [0.25, 0.3) is 0 Å². The molecule has 34 heavy (non-hydrogen) atoms. The second-order valence-corrected chi connectivity index (χ2v) is 9.25. The third kappa shape index (κ3) is 7.56. The van der Waals surface area contributed by atoms with Gasteiger partial charge in [-0.25, -0.2) is 5.43 Å². The van der Waals surface area contributed by atoms with Crippen molar-refractivity contribution >= 4 is 62.2 Å². The minimum Gasteiger partial charge on any atom is -0.490 e. The van der Waals surface area contributed by atoms with E-state index in [4.69, 9.17) is 9.47 Å². The van der Waals surface area contributed by atoms with Gasteiger partial charge in [-0.2, -0.15) is 5.10 Å². The smallest absolute Gasteiger partial charge is 0.271 e. The summed E-state index contributed by atoms with van der Waals surface area (Å²) in [5.41, 5.74) is 5.53. The Labute approximate surface area is 220 Å². The number of carbonyl (C=O) groups excluding carboxylic acids is 2. The zero-order chi connectivity index (χ0) is 24.5. The zero-order valence-electron chi connectivity index (χ0n) is 18.6. The first kappa shape index (κ1) is 25.7. The monoisotopic (exact) mass is 635 g/mol. The van der Waals surface area contributed by atoms with E-state index in [0.29, 0.717) is 34.9 Å². The van der Waals surface area contributed by atoms with Crippen LogP contribution >= 0.6 is 38.5 Å². The van der Waals surface area contributed by atoms with Crippen LogP contribution in [0.3, 0.4) is 0 Å². The molecule has 0 aromatic heterocycles. The molecule has 0 saturated carbocycles. The number of nitrogens with zero attached hydrogens (tertiary/aromatic N) is 1. The number of halogens is 2. The summed E-state index contributed by atoms with van der Waals surface area (Å²) < 4.78 is 13.1. The van der Waals surface area contributed by atoms with E-state index in [1.165, 1.54) is 6.21 Å². The molecule has 0 unspecified atom stereocenters. The second-order valence-electron chi connectivity index (χ2n) is 7.17. The predicted molar refractivity (Wildman–Crippen MR) is 145 cm³/mol. The van der Waals surface area contributed by atoms with Crippen LogP contribution in [0.15, 0.2) is 70.2 Å². The molecular weight excluding hydrogens is 613 g/mol. The van der Waals surface area contributed by atoms with Crippen LogP contribution in [-0.4, -0.2) is 31.2 Å². The third-order valence-electron chi connectivity index (χ3n) is 4.50. The SMILES string of the molecule is CCOc1cc(/C=N/NC(=O)c2ccc(Br)cc2)cc(I)c1OCC(=O)Nc1ccc(C)cc1. The van der Waals surface area contributed by atoms with Crippen molar-refractivity contribution in [2.75, 3.05) is 18.5 Å². The summed E-state index contributed by atoms with van der Waals surface area (Å²) in [5, 5.41) is 6.84. The van der Waals surface area contributed by atoms with Crippen LogP contribution in [0.4, 0.5) is 5.69 Å². The molecule has 0 fully saturated rings. The van der Waals surface area contributed by atoms with Gasteiger partial charge in [-0.05, 0) is 90.5 Å². The highest BCUT2D eigenvalue weighted by Crippen LogP contribution is 2.34. The highest BCUT2D eigenvalue weighted by atomic mass is 127. The van der Waals surface area contributed by atoms with E-state index in [2.05, 4.69) is 54.4 Å². The van der Waals surface area contributed by atoms with Gasteiger partial charge in [0.1, 0.15) is 0 Å². The van der Waals surface area contributed by atoms with Crippen LogP contribution in [0.2, 0.25) is 0 Å². The summed E-state index contributed by atoms with van der Waals surface area (Å²) >= 11 is 5.45. The Kier molecular flexibility index (Phi) is 9.46. The van der Waals surface area contributed by atoms with Crippen molar-refractivity contribution in [2.24, 2.45) is 5.10 Å². The standard InChI is InChI=1S/C25H23BrIN3O4/c1-3-33-22-13-17(14-28-30-25(32)18-6-8-19(26)9-7-18)12-21(27)24(22)34-15-23(31)29-20-10-4-16(2)5-11-20/h4-14H,3,15H2,1-2H3,(H,29,31)(H,30,32)/b28-14+. The topological polar surface area (TPSA) is 89.0 Å². The molecule has 0 radical (unpaired) electrons. The molecule has 2 N–H and O–H groups in total. The van der Waals surface area contributed by atoms with Crippen LogP contribution < -0.4 is 20.2 Å².